The van der Waals surface area contributed by atoms with Crippen LogP contribution in [0.15, 0.2) is 30.5 Å². The minimum atomic E-state index is -0.391. The predicted octanol–water partition coefficient (Wildman–Crippen LogP) is 1.80. The first-order valence-electron chi connectivity index (χ1n) is 3.64. The van der Waals surface area contributed by atoms with E-state index < -0.39 is 5.91 Å². The lowest BCUT2D eigenvalue weighted by Crippen LogP contribution is -2.10. The Kier molecular flexibility index (Phi) is 2.58. The highest BCUT2D eigenvalue weighted by atomic mass is 35.5. The van der Waals surface area contributed by atoms with Crippen LogP contribution in [0.1, 0.15) is 11.8 Å². The Balaban J connectivity index is 0.000000845. The highest BCUT2D eigenvalue weighted by Gasteiger charge is 2.00. The van der Waals surface area contributed by atoms with Gasteiger partial charge in [-0.05, 0) is 24.3 Å². The van der Waals surface area contributed by atoms with E-state index >= 15 is 0 Å². The lowest BCUT2D eigenvalue weighted by atomic mass is 10.1. The normalized spacial score (nSPS) is 9.54. The monoisotopic (exact) mass is 197 g/mol. The topological polar surface area (TPSA) is 58.9 Å². The molecule has 2 aromatic rings. The molecule has 0 bridgehead atoms. The fraction of sp³-hybridized carbons (Fsp3) is 0. The van der Waals surface area contributed by atoms with Crippen LogP contribution in [0.2, 0.25) is 0 Å². The van der Waals surface area contributed by atoms with Crippen LogP contribution in [0.3, 0.4) is 0 Å². The van der Waals surface area contributed by atoms with Crippen LogP contribution in [0.25, 0.3) is 10.9 Å². The number of aromatic nitrogens is 1. The average molecular weight is 198 g/mol. The first-order chi connectivity index (χ1) is 5.77. The molecule has 0 radical (unpaired) electrons. The molecule has 1 heterocycles. The van der Waals surface area contributed by atoms with Gasteiger partial charge >= 0.3 is 1.43 Å². The number of benzene rings is 1. The fourth-order valence-electron chi connectivity index (χ4n) is 1.21. The van der Waals surface area contributed by atoms with Crippen molar-refractivity contribution in [2.75, 3.05) is 0 Å². The Morgan fingerprint density at radius 2 is 2.15 bits per heavy atom. The number of amides is 1. The number of rotatable bonds is 1. The molecule has 0 aliphatic heterocycles. The molecule has 0 aliphatic carbocycles. The van der Waals surface area contributed by atoms with E-state index in [4.69, 9.17) is 5.73 Å². The number of aromatic amines is 1. The van der Waals surface area contributed by atoms with Crippen molar-refractivity contribution >= 4 is 29.2 Å². The zero-order chi connectivity index (χ0) is 8.55. The number of carbonyl (C=O) groups excluding carboxylic acids is 1. The van der Waals surface area contributed by atoms with E-state index in [9.17, 15) is 4.79 Å². The molecule has 1 aromatic carbocycles. The third kappa shape index (κ3) is 1.65. The van der Waals surface area contributed by atoms with Crippen LogP contribution in [-0.2, 0) is 0 Å². The standard InChI is InChI=1S/C9H8N2O.ClH/c10-9(12)7-1-2-8-6(5-7)3-4-11-8;/h1-5,11H,(H2,10,12);1H/p+1. The van der Waals surface area contributed by atoms with Gasteiger partial charge in [-0.2, -0.15) is 0 Å². The van der Waals surface area contributed by atoms with Crippen molar-refractivity contribution in [1.82, 2.24) is 4.98 Å². The van der Waals surface area contributed by atoms with E-state index in [1.54, 1.807) is 12.1 Å². The number of primary amides is 1. The van der Waals surface area contributed by atoms with Gasteiger partial charge in [0.25, 0.3) is 0 Å². The van der Waals surface area contributed by atoms with Gasteiger partial charge in [-0.1, -0.05) is 0 Å². The van der Waals surface area contributed by atoms with Crippen molar-refractivity contribution in [3.8, 4) is 0 Å². The number of fused-ring (bicyclic) bond motifs is 1. The van der Waals surface area contributed by atoms with E-state index in [1.807, 2.05) is 18.3 Å². The lowest BCUT2D eigenvalue weighted by Gasteiger charge is -1.94. The van der Waals surface area contributed by atoms with Crippen LogP contribution in [-0.4, -0.2) is 10.9 Å². The second kappa shape index (κ2) is 3.49. The van der Waals surface area contributed by atoms with Gasteiger partial charge in [0.15, 0.2) is 0 Å². The van der Waals surface area contributed by atoms with Crippen molar-refractivity contribution in [2.45, 2.75) is 0 Å². The fourth-order valence-corrected chi connectivity index (χ4v) is 1.21. The number of H-pyrrole nitrogens is 1. The molecule has 3 N–H and O–H groups in total. The van der Waals surface area contributed by atoms with Crippen LogP contribution in [0.4, 0.5) is 0 Å². The van der Waals surface area contributed by atoms with Gasteiger partial charge < -0.3 is 10.7 Å². The molecule has 0 unspecified atom stereocenters. The van der Waals surface area contributed by atoms with E-state index in [-0.39, 0.29) is 13.8 Å². The quantitative estimate of drug-likeness (QED) is 0.720. The summed E-state index contributed by atoms with van der Waals surface area (Å²) in [7, 11) is 0. The molecule has 0 saturated carbocycles. The zero-order valence-electron chi connectivity index (χ0n) is 7.78. The number of carbonyl (C=O) groups is 1. The van der Waals surface area contributed by atoms with Gasteiger partial charge in [0, 0.05) is 22.7 Å². The number of halogens is 1. The molecule has 0 spiro atoms. The minimum Gasteiger partial charge on any atom is -0.366 e. The van der Waals surface area contributed by atoms with Crippen LogP contribution in [0, 0.1) is 0 Å². The van der Waals surface area contributed by atoms with Crippen LogP contribution in [0.5, 0.6) is 0 Å². The van der Waals surface area contributed by atoms with Crippen molar-refractivity contribution in [3.63, 3.8) is 0 Å². The van der Waals surface area contributed by atoms with Crippen molar-refractivity contribution in [2.24, 2.45) is 5.73 Å². The van der Waals surface area contributed by atoms with E-state index in [2.05, 4.69) is 4.98 Å². The second-order valence-corrected chi connectivity index (χ2v) is 2.64. The smallest absolute Gasteiger partial charge is 0.366 e. The number of nitrogens with one attached hydrogen (secondary N) is 1. The highest BCUT2D eigenvalue weighted by molar-refractivity contribution is 5.96. The summed E-state index contributed by atoms with van der Waals surface area (Å²) in [4.78, 5) is 13.8. The first kappa shape index (κ1) is 9.61. The maximum Gasteiger partial charge on any atom is 1.00 e. The summed E-state index contributed by atoms with van der Waals surface area (Å²) in [6.07, 6.45) is 1.83. The molecule has 2 rings (SSSR count). The summed E-state index contributed by atoms with van der Waals surface area (Å²) in [6.45, 7) is 0. The van der Waals surface area contributed by atoms with Gasteiger partial charge in [0.1, 0.15) is 0 Å². The van der Waals surface area contributed by atoms with Gasteiger partial charge in [0.2, 0.25) is 5.91 Å². The number of hydrogen-bond acceptors (Lipinski definition) is 1. The molecule has 13 heavy (non-hydrogen) atoms. The molecular weight excluding hydrogens is 188 g/mol. The lowest BCUT2D eigenvalue weighted by molar-refractivity contribution is 0.100. The van der Waals surface area contributed by atoms with Gasteiger partial charge in [-0.25, -0.2) is 0 Å². The molecule has 68 valence electrons. The SMILES string of the molecule is Cl.NC(=O)c1ccc2[nH]ccc2c1.[H+]. The molecule has 1 amide bonds. The summed E-state index contributed by atoms with van der Waals surface area (Å²) < 4.78 is 0. The van der Waals surface area contributed by atoms with Crippen molar-refractivity contribution in [3.05, 3.63) is 36.0 Å². The maximum absolute atomic E-state index is 10.8. The molecule has 0 aliphatic rings. The Hall–Kier alpha value is -1.48. The second-order valence-electron chi connectivity index (χ2n) is 2.64. The Labute approximate surface area is 82.8 Å². The average Bonchev–Trinajstić information content (AvgIpc) is 2.49. The molecule has 4 heteroatoms. The molecule has 0 saturated heterocycles. The molecule has 0 atom stereocenters. The highest BCUT2D eigenvalue weighted by Crippen LogP contribution is 2.13. The molecule has 3 nitrogen and oxygen atoms in total. The van der Waals surface area contributed by atoms with Crippen LogP contribution >= 0.6 is 12.4 Å². The number of hydrogen-bond donors (Lipinski definition) is 2. The summed E-state index contributed by atoms with van der Waals surface area (Å²) in [6, 6.07) is 7.23. The molecular formula is C9H10ClN2O+. The Morgan fingerprint density at radius 3 is 2.85 bits per heavy atom. The van der Waals surface area contributed by atoms with E-state index in [0.717, 1.165) is 10.9 Å². The third-order valence-corrected chi connectivity index (χ3v) is 1.84. The minimum absolute atomic E-state index is 0. The molecule has 1 aromatic heterocycles. The summed E-state index contributed by atoms with van der Waals surface area (Å²) in [5.41, 5.74) is 6.68. The molecule has 0 fully saturated rings. The predicted molar refractivity (Wildman–Crippen MR) is 55.2 cm³/mol. The van der Waals surface area contributed by atoms with Crippen LogP contribution < -0.4 is 5.73 Å². The number of nitrogens with two attached hydrogens (primary N) is 1. The maximum atomic E-state index is 10.8. The largest absolute Gasteiger partial charge is 1.00 e. The third-order valence-electron chi connectivity index (χ3n) is 1.84. The van der Waals surface area contributed by atoms with Gasteiger partial charge in [-0.3, -0.25) is 4.79 Å². The Bertz CT molecular complexity index is 441. The first-order valence-corrected chi connectivity index (χ1v) is 3.64. The van der Waals surface area contributed by atoms with E-state index in [1.165, 1.54) is 0 Å². The summed E-state index contributed by atoms with van der Waals surface area (Å²) >= 11 is 0. The van der Waals surface area contributed by atoms with Crippen molar-refractivity contribution in [1.29, 1.82) is 0 Å². The van der Waals surface area contributed by atoms with Crippen molar-refractivity contribution < 1.29 is 6.22 Å². The zero-order valence-corrected chi connectivity index (χ0v) is 7.60. The van der Waals surface area contributed by atoms with Gasteiger partial charge in [0.05, 0.1) is 0 Å². The summed E-state index contributed by atoms with van der Waals surface area (Å²) in [5, 5.41) is 1.01. The van der Waals surface area contributed by atoms with Gasteiger partial charge in [-0.15, -0.1) is 12.4 Å². The Morgan fingerprint density at radius 1 is 1.38 bits per heavy atom. The summed E-state index contributed by atoms with van der Waals surface area (Å²) in [5.74, 6) is -0.391. The van der Waals surface area contributed by atoms with E-state index in [0.29, 0.717) is 5.56 Å².